The SMILES string of the molecule is CCCCOC(=O)C(Cl)NC(C)=O. The average molecular weight is 208 g/mol. The summed E-state index contributed by atoms with van der Waals surface area (Å²) in [7, 11) is 0. The van der Waals surface area contributed by atoms with Gasteiger partial charge in [-0.15, -0.1) is 0 Å². The Balaban J connectivity index is 3.63. The molecule has 1 unspecified atom stereocenters. The second-order valence-electron chi connectivity index (χ2n) is 2.58. The van der Waals surface area contributed by atoms with Crippen molar-refractivity contribution in [2.75, 3.05) is 6.61 Å². The molecule has 0 bridgehead atoms. The summed E-state index contributed by atoms with van der Waals surface area (Å²) in [6.45, 7) is 3.62. The second-order valence-corrected chi connectivity index (χ2v) is 3.02. The highest BCUT2D eigenvalue weighted by Gasteiger charge is 2.16. The summed E-state index contributed by atoms with van der Waals surface area (Å²) >= 11 is 5.50. The van der Waals surface area contributed by atoms with Gasteiger partial charge in [-0.1, -0.05) is 24.9 Å². The van der Waals surface area contributed by atoms with Crippen molar-refractivity contribution in [3.8, 4) is 0 Å². The summed E-state index contributed by atoms with van der Waals surface area (Å²) in [5, 5.41) is 2.22. The molecule has 0 rings (SSSR count). The molecule has 76 valence electrons. The molecule has 0 aliphatic rings. The monoisotopic (exact) mass is 207 g/mol. The van der Waals surface area contributed by atoms with Gasteiger partial charge in [0.05, 0.1) is 6.61 Å². The molecule has 0 radical (unpaired) electrons. The van der Waals surface area contributed by atoms with E-state index >= 15 is 0 Å². The molecule has 0 aliphatic carbocycles. The molecule has 5 heteroatoms. The zero-order chi connectivity index (χ0) is 10.3. The minimum absolute atomic E-state index is 0.345. The smallest absolute Gasteiger partial charge is 0.344 e. The van der Waals surface area contributed by atoms with Crippen molar-refractivity contribution in [2.24, 2.45) is 0 Å². The zero-order valence-corrected chi connectivity index (χ0v) is 8.56. The molecule has 0 fully saturated rings. The number of hydrogen-bond donors (Lipinski definition) is 1. The first kappa shape index (κ1) is 12.2. The van der Waals surface area contributed by atoms with Crippen LogP contribution >= 0.6 is 11.6 Å². The number of halogens is 1. The summed E-state index contributed by atoms with van der Waals surface area (Å²) in [5.41, 5.74) is -1.07. The van der Waals surface area contributed by atoms with Gasteiger partial charge in [-0.25, -0.2) is 4.79 Å². The molecule has 4 nitrogen and oxygen atoms in total. The first-order chi connectivity index (χ1) is 6.07. The van der Waals surface area contributed by atoms with E-state index in [-0.39, 0.29) is 5.91 Å². The minimum Gasteiger partial charge on any atom is -0.463 e. The lowest BCUT2D eigenvalue weighted by molar-refractivity contribution is -0.145. The number of ether oxygens (including phenoxy) is 1. The third kappa shape index (κ3) is 6.40. The van der Waals surface area contributed by atoms with Gasteiger partial charge in [-0.3, -0.25) is 4.79 Å². The van der Waals surface area contributed by atoms with Crippen LogP contribution in [-0.4, -0.2) is 24.0 Å². The van der Waals surface area contributed by atoms with Crippen LogP contribution in [0.2, 0.25) is 0 Å². The molecule has 0 saturated carbocycles. The third-order valence-corrected chi connectivity index (χ3v) is 1.57. The fraction of sp³-hybridized carbons (Fsp3) is 0.750. The number of nitrogens with one attached hydrogen (secondary N) is 1. The highest BCUT2D eigenvalue weighted by Crippen LogP contribution is 1.97. The zero-order valence-electron chi connectivity index (χ0n) is 7.80. The van der Waals surface area contributed by atoms with Gasteiger partial charge in [0.1, 0.15) is 0 Å². The Bertz CT molecular complexity index is 184. The van der Waals surface area contributed by atoms with Crippen molar-refractivity contribution < 1.29 is 14.3 Å². The van der Waals surface area contributed by atoms with E-state index in [0.717, 1.165) is 12.8 Å². The van der Waals surface area contributed by atoms with Gasteiger partial charge in [0.15, 0.2) is 0 Å². The number of esters is 1. The maximum Gasteiger partial charge on any atom is 0.344 e. The lowest BCUT2D eigenvalue weighted by atomic mass is 10.4. The molecule has 13 heavy (non-hydrogen) atoms. The summed E-state index contributed by atoms with van der Waals surface area (Å²) < 4.78 is 4.76. The Morgan fingerprint density at radius 2 is 2.15 bits per heavy atom. The van der Waals surface area contributed by atoms with Crippen molar-refractivity contribution >= 4 is 23.5 Å². The summed E-state index contributed by atoms with van der Waals surface area (Å²) in [6.07, 6.45) is 1.75. The molecular weight excluding hydrogens is 194 g/mol. The Morgan fingerprint density at radius 3 is 2.62 bits per heavy atom. The molecular formula is C8H14ClNO3. The third-order valence-electron chi connectivity index (χ3n) is 1.28. The number of carbonyl (C=O) groups excluding carboxylic acids is 2. The van der Waals surface area contributed by atoms with E-state index in [1.54, 1.807) is 0 Å². The lowest BCUT2D eigenvalue weighted by Gasteiger charge is -2.09. The van der Waals surface area contributed by atoms with Gasteiger partial charge in [-0.2, -0.15) is 0 Å². The van der Waals surface area contributed by atoms with Crippen LogP contribution in [0.3, 0.4) is 0 Å². The van der Waals surface area contributed by atoms with Gasteiger partial charge in [0, 0.05) is 6.92 Å². The average Bonchev–Trinajstić information content (AvgIpc) is 2.03. The number of alkyl halides is 1. The topological polar surface area (TPSA) is 55.4 Å². The summed E-state index contributed by atoms with van der Waals surface area (Å²) in [5.74, 6) is -0.960. The minimum atomic E-state index is -1.07. The number of carbonyl (C=O) groups is 2. The normalized spacial score (nSPS) is 11.9. The van der Waals surface area contributed by atoms with Crippen molar-refractivity contribution in [1.29, 1.82) is 0 Å². The van der Waals surface area contributed by atoms with Crippen LogP contribution in [0, 0.1) is 0 Å². The molecule has 0 spiro atoms. The Labute approximate surface area is 82.6 Å². The number of amides is 1. The van der Waals surface area contributed by atoms with Crippen LogP contribution in [0.5, 0.6) is 0 Å². The number of unbranched alkanes of at least 4 members (excludes halogenated alkanes) is 1. The van der Waals surface area contributed by atoms with Gasteiger partial charge in [0.25, 0.3) is 0 Å². The number of hydrogen-bond acceptors (Lipinski definition) is 3. The molecule has 0 aliphatic heterocycles. The van der Waals surface area contributed by atoms with Crippen LogP contribution in [0.4, 0.5) is 0 Å². The van der Waals surface area contributed by atoms with E-state index in [9.17, 15) is 9.59 Å². The largest absolute Gasteiger partial charge is 0.463 e. The molecule has 0 aromatic heterocycles. The molecule has 0 heterocycles. The van der Waals surface area contributed by atoms with Crippen LogP contribution in [-0.2, 0) is 14.3 Å². The molecule has 0 aromatic rings. The second kappa shape index (κ2) is 6.71. The van der Waals surface area contributed by atoms with Gasteiger partial charge >= 0.3 is 5.97 Å². The predicted octanol–water partition coefficient (Wildman–Crippen LogP) is 1.03. The molecule has 1 atom stereocenters. The predicted molar refractivity (Wildman–Crippen MR) is 49.3 cm³/mol. The fourth-order valence-electron chi connectivity index (χ4n) is 0.628. The fourth-order valence-corrected chi connectivity index (χ4v) is 0.844. The lowest BCUT2D eigenvalue weighted by Crippen LogP contribution is -2.36. The Hall–Kier alpha value is -0.770. The summed E-state index contributed by atoms with van der Waals surface area (Å²) in [4.78, 5) is 21.5. The molecule has 1 amide bonds. The van der Waals surface area contributed by atoms with Crippen molar-refractivity contribution in [3.05, 3.63) is 0 Å². The molecule has 0 aromatic carbocycles. The van der Waals surface area contributed by atoms with E-state index in [1.807, 2.05) is 6.92 Å². The van der Waals surface area contributed by atoms with Crippen molar-refractivity contribution in [3.63, 3.8) is 0 Å². The van der Waals surface area contributed by atoms with Crippen LogP contribution in [0.1, 0.15) is 26.7 Å². The van der Waals surface area contributed by atoms with Crippen LogP contribution in [0.15, 0.2) is 0 Å². The van der Waals surface area contributed by atoms with Crippen LogP contribution in [0.25, 0.3) is 0 Å². The van der Waals surface area contributed by atoms with Crippen molar-refractivity contribution in [1.82, 2.24) is 5.32 Å². The first-order valence-electron chi connectivity index (χ1n) is 4.15. The molecule has 0 saturated heterocycles. The Morgan fingerprint density at radius 1 is 1.54 bits per heavy atom. The van der Waals surface area contributed by atoms with Crippen LogP contribution < -0.4 is 5.32 Å². The maximum absolute atomic E-state index is 11.0. The van der Waals surface area contributed by atoms with E-state index in [1.165, 1.54) is 6.92 Å². The highest BCUT2D eigenvalue weighted by molar-refractivity contribution is 6.30. The Kier molecular flexibility index (Phi) is 6.32. The van der Waals surface area contributed by atoms with E-state index < -0.39 is 11.5 Å². The van der Waals surface area contributed by atoms with Gasteiger partial charge < -0.3 is 10.1 Å². The standard InChI is InChI=1S/C8H14ClNO3/c1-3-4-5-13-8(12)7(9)10-6(2)11/h7H,3-5H2,1-2H3,(H,10,11). The van der Waals surface area contributed by atoms with E-state index in [4.69, 9.17) is 16.3 Å². The number of rotatable bonds is 5. The van der Waals surface area contributed by atoms with E-state index in [0.29, 0.717) is 6.61 Å². The van der Waals surface area contributed by atoms with Gasteiger partial charge in [0.2, 0.25) is 11.4 Å². The first-order valence-corrected chi connectivity index (χ1v) is 4.59. The molecule has 1 N–H and O–H groups in total. The quantitative estimate of drug-likeness (QED) is 0.317. The highest BCUT2D eigenvalue weighted by atomic mass is 35.5. The summed E-state index contributed by atoms with van der Waals surface area (Å²) in [6, 6.07) is 0. The maximum atomic E-state index is 11.0. The van der Waals surface area contributed by atoms with E-state index in [2.05, 4.69) is 5.32 Å². The van der Waals surface area contributed by atoms with Gasteiger partial charge in [-0.05, 0) is 6.42 Å². The van der Waals surface area contributed by atoms with Crippen molar-refractivity contribution in [2.45, 2.75) is 32.2 Å².